The first-order valence-electron chi connectivity index (χ1n) is 5.80. The Hall–Kier alpha value is -1.19. The summed E-state index contributed by atoms with van der Waals surface area (Å²) in [4.78, 5) is 2.57. The number of hydrogen-bond acceptors (Lipinski definition) is 2. The molecule has 1 aromatic heterocycles. The van der Waals surface area contributed by atoms with Gasteiger partial charge in [-0.2, -0.15) is 0 Å². The van der Waals surface area contributed by atoms with Gasteiger partial charge in [0.15, 0.2) is 0 Å². The Labute approximate surface area is 104 Å². The molecule has 1 aromatic carbocycles. The smallest absolute Gasteiger partial charge is 0.123 e. The molecule has 2 aromatic rings. The fourth-order valence-corrected chi connectivity index (χ4v) is 3.36. The van der Waals surface area contributed by atoms with Crippen LogP contribution in [-0.2, 0) is 5.41 Å². The molecule has 2 N–H and O–H groups in total. The number of thiophene rings is 1. The number of nitrogens with two attached hydrogens (primary N) is 1. The number of rotatable bonds is 3. The highest BCUT2D eigenvalue weighted by atomic mass is 32.1. The van der Waals surface area contributed by atoms with Crippen molar-refractivity contribution in [1.29, 1.82) is 0 Å². The van der Waals surface area contributed by atoms with E-state index >= 15 is 0 Å². The van der Waals surface area contributed by atoms with Crippen LogP contribution in [0.4, 0.5) is 4.39 Å². The second kappa shape index (κ2) is 3.93. The predicted molar refractivity (Wildman–Crippen MR) is 69.7 cm³/mol. The average Bonchev–Trinajstić information content (AvgIpc) is 3.00. The SMILES string of the molecule is NCC1(c2ccc(-c3ccc(F)cc3)s2)CC1. The highest BCUT2D eigenvalue weighted by Crippen LogP contribution is 2.50. The van der Waals surface area contributed by atoms with Gasteiger partial charge in [-0.25, -0.2) is 4.39 Å². The van der Waals surface area contributed by atoms with Gasteiger partial charge in [0, 0.05) is 21.7 Å². The first-order valence-corrected chi connectivity index (χ1v) is 6.61. The summed E-state index contributed by atoms with van der Waals surface area (Å²) in [6.45, 7) is 0.733. The molecule has 0 radical (unpaired) electrons. The zero-order valence-corrected chi connectivity index (χ0v) is 10.3. The van der Waals surface area contributed by atoms with Crippen molar-refractivity contribution in [2.24, 2.45) is 5.73 Å². The highest BCUT2D eigenvalue weighted by Gasteiger charge is 2.43. The maximum Gasteiger partial charge on any atom is 0.123 e. The summed E-state index contributed by atoms with van der Waals surface area (Å²) in [7, 11) is 0. The van der Waals surface area contributed by atoms with Crippen molar-refractivity contribution in [2.75, 3.05) is 6.54 Å². The number of hydrogen-bond donors (Lipinski definition) is 1. The monoisotopic (exact) mass is 247 g/mol. The number of halogens is 1. The van der Waals surface area contributed by atoms with Gasteiger partial charge in [-0.3, -0.25) is 0 Å². The summed E-state index contributed by atoms with van der Waals surface area (Å²) in [5, 5.41) is 0. The molecular formula is C14H14FNS. The zero-order valence-electron chi connectivity index (χ0n) is 9.45. The summed E-state index contributed by atoms with van der Waals surface area (Å²) >= 11 is 1.78. The van der Waals surface area contributed by atoms with E-state index in [0.29, 0.717) is 0 Å². The minimum Gasteiger partial charge on any atom is -0.330 e. The quantitative estimate of drug-likeness (QED) is 0.882. The van der Waals surface area contributed by atoms with Crippen molar-refractivity contribution < 1.29 is 4.39 Å². The molecule has 0 atom stereocenters. The minimum absolute atomic E-state index is 0.189. The van der Waals surface area contributed by atoms with Gasteiger partial charge in [-0.15, -0.1) is 11.3 Å². The van der Waals surface area contributed by atoms with Crippen LogP contribution in [0.3, 0.4) is 0 Å². The molecule has 1 nitrogen and oxygen atoms in total. The van der Waals surface area contributed by atoms with Crippen molar-refractivity contribution >= 4 is 11.3 Å². The molecule has 1 saturated carbocycles. The Kier molecular flexibility index (Phi) is 2.53. The van der Waals surface area contributed by atoms with Crippen molar-refractivity contribution in [1.82, 2.24) is 0 Å². The summed E-state index contributed by atoms with van der Waals surface area (Å²) in [5.41, 5.74) is 7.16. The van der Waals surface area contributed by atoms with E-state index in [0.717, 1.165) is 12.1 Å². The van der Waals surface area contributed by atoms with Gasteiger partial charge >= 0.3 is 0 Å². The molecular weight excluding hydrogens is 233 g/mol. The second-order valence-corrected chi connectivity index (χ2v) is 5.74. The third-order valence-corrected chi connectivity index (χ3v) is 4.88. The molecule has 0 aliphatic heterocycles. The van der Waals surface area contributed by atoms with E-state index in [1.807, 2.05) is 12.1 Å². The standard InChI is InChI=1S/C14H14FNS/c15-11-3-1-10(2-4-11)12-5-6-13(17-12)14(9-16)7-8-14/h1-6H,7-9,16H2. The molecule has 1 aliphatic rings. The Balaban J connectivity index is 1.92. The van der Waals surface area contributed by atoms with E-state index in [-0.39, 0.29) is 11.2 Å². The minimum atomic E-state index is -0.189. The molecule has 0 spiro atoms. The van der Waals surface area contributed by atoms with Gasteiger partial charge in [-0.1, -0.05) is 12.1 Å². The fourth-order valence-electron chi connectivity index (χ4n) is 2.09. The average molecular weight is 247 g/mol. The van der Waals surface area contributed by atoms with E-state index in [1.165, 1.54) is 34.7 Å². The summed E-state index contributed by atoms with van der Waals surface area (Å²) < 4.78 is 12.8. The Bertz CT molecular complexity index is 525. The van der Waals surface area contributed by atoms with Gasteiger partial charge in [0.2, 0.25) is 0 Å². The van der Waals surface area contributed by atoms with Crippen molar-refractivity contribution in [3.63, 3.8) is 0 Å². The second-order valence-electron chi connectivity index (χ2n) is 4.66. The molecule has 1 aliphatic carbocycles. The molecule has 3 heteroatoms. The largest absolute Gasteiger partial charge is 0.330 e. The molecule has 0 saturated heterocycles. The summed E-state index contributed by atoms with van der Waals surface area (Å²) in [6.07, 6.45) is 2.40. The van der Waals surface area contributed by atoms with Gasteiger partial charge in [-0.05, 0) is 42.7 Å². The molecule has 0 bridgehead atoms. The Morgan fingerprint density at radius 3 is 2.41 bits per heavy atom. The lowest BCUT2D eigenvalue weighted by molar-refractivity contribution is 0.628. The first kappa shape index (κ1) is 10.9. The van der Waals surface area contributed by atoms with E-state index in [1.54, 1.807) is 11.3 Å². The zero-order chi connectivity index (χ0) is 11.9. The van der Waals surface area contributed by atoms with Crippen LogP contribution in [0.1, 0.15) is 17.7 Å². The van der Waals surface area contributed by atoms with Gasteiger partial charge < -0.3 is 5.73 Å². The van der Waals surface area contributed by atoms with E-state index in [2.05, 4.69) is 12.1 Å². The van der Waals surface area contributed by atoms with Crippen LogP contribution >= 0.6 is 11.3 Å². The highest BCUT2D eigenvalue weighted by molar-refractivity contribution is 7.15. The van der Waals surface area contributed by atoms with Crippen molar-refractivity contribution in [3.8, 4) is 10.4 Å². The first-order chi connectivity index (χ1) is 8.23. The maximum absolute atomic E-state index is 12.8. The third kappa shape index (κ3) is 1.90. The van der Waals surface area contributed by atoms with Crippen LogP contribution in [0.15, 0.2) is 36.4 Å². The van der Waals surface area contributed by atoms with Crippen LogP contribution in [-0.4, -0.2) is 6.54 Å². The molecule has 88 valence electrons. The Morgan fingerprint density at radius 2 is 1.82 bits per heavy atom. The predicted octanol–water partition coefficient (Wildman–Crippen LogP) is 3.54. The van der Waals surface area contributed by atoms with Crippen LogP contribution in [0.2, 0.25) is 0 Å². The van der Waals surface area contributed by atoms with Crippen molar-refractivity contribution in [2.45, 2.75) is 18.3 Å². The van der Waals surface area contributed by atoms with Gasteiger partial charge in [0.05, 0.1) is 0 Å². The normalized spacial score (nSPS) is 17.1. The van der Waals surface area contributed by atoms with Crippen LogP contribution < -0.4 is 5.73 Å². The number of benzene rings is 1. The van der Waals surface area contributed by atoms with Gasteiger partial charge in [0.1, 0.15) is 5.82 Å². The molecule has 0 amide bonds. The van der Waals surface area contributed by atoms with E-state index in [4.69, 9.17) is 5.73 Å². The summed E-state index contributed by atoms with van der Waals surface area (Å²) in [5.74, 6) is -0.189. The lowest BCUT2D eigenvalue weighted by atomic mass is 10.1. The molecule has 1 fully saturated rings. The Morgan fingerprint density at radius 1 is 1.12 bits per heavy atom. The topological polar surface area (TPSA) is 26.0 Å². The van der Waals surface area contributed by atoms with Crippen LogP contribution in [0.25, 0.3) is 10.4 Å². The van der Waals surface area contributed by atoms with Crippen LogP contribution in [0, 0.1) is 5.82 Å². The lowest BCUT2D eigenvalue weighted by Crippen LogP contribution is -2.18. The van der Waals surface area contributed by atoms with Gasteiger partial charge in [0.25, 0.3) is 0 Å². The molecule has 1 heterocycles. The molecule has 17 heavy (non-hydrogen) atoms. The lowest BCUT2D eigenvalue weighted by Gasteiger charge is -2.08. The van der Waals surface area contributed by atoms with E-state index in [9.17, 15) is 4.39 Å². The molecule has 0 unspecified atom stereocenters. The van der Waals surface area contributed by atoms with Crippen LogP contribution in [0.5, 0.6) is 0 Å². The summed E-state index contributed by atoms with van der Waals surface area (Å²) in [6, 6.07) is 10.9. The van der Waals surface area contributed by atoms with E-state index < -0.39 is 0 Å². The molecule has 3 rings (SSSR count). The fraction of sp³-hybridized carbons (Fsp3) is 0.286. The van der Waals surface area contributed by atoms with Crippen molar-refractivity contribution in [3.05, 3.63) is 47.1 Å². The third-order valence-electron chi connectivity index (χ3n) is 3.50. The maximum atomic E-state index is 12.8.